The highest BCUT2D eigenvalue weighted by Crippen LogP contribution is 2.43. The number of hydrogen-bond donors (Lipinski definition) is 1. The van der Waals surface area contributed by atoms with Crippen molar-refractivity contribution in [2.45, 2.75) is 44.6 Å². The first-order valence-corrected chi connectivity index (χ1v) is 8.23. The summed E-state index contributed by atoms with van der Waals surface area (Å²) in [5.41, 5.74) is 5.56. The van der Waals surface area contributed by atoms with E-state index >= 15 is 0 Å². The molecule has 114 valence electrons. The van der Waals surface area contributed by atoms with Gasteiger partial charge in [0.15, 0.2) is 0 Å². The highest BCUT2D eigenvalue weighted by atomic mass is 16.3. The molecule has 0 amide bonds. The average Bonchev–Trinajstić information content (AvgIpc) is 2.92. The summed E-state index contributed by atoms with van der Waals surface area (Å²) in [6.45, 7) is 6.02. The predicted octanol–water partition coefficient (Wildman–Crippen LogP) is 5.21. The summed E-state index contributed by atoms with van der Waals surface area (Å²) < 4.78 is 0. The fraction of sp³-hybridized carbons (Fsp3) is 0.333. The van der Waals surface area contributed by atoms with Gasteiger partial charge in [-0.2, -0.15) is 0 Å². The van der Waals surface area contributed by atoms with Gasteiger partial charge in [-0.1, -0.05) is 68.3 Å². The van der Waals surface area contributed by atoms with Crippen molar-refractivity contribution in [2.75, 3.05) is 0 Å². The standard InChI is InChI=1S/C21H24O/c1-3-5-14-21(22,13-4-2)20-12-8-11-18-17-10-7-6-9-16(17)15-19(18)20/h4,6-12,22H,2-3,5,13-15H2,1H3. The van der Waals surface area contributed by atoms with Crippen molar-refractivity contribution in [3.05, 3.63) is 71.8 Å². The number of unbranched alkanes of at least 4 members (excludes halogenated alkanes) is 1. The topological polar surface area (TPSA) is 20.2 Å². The summed E-state index contributed by atoms with van der Waals surface area (Å²) in [5, 5.41) is 11.3. The molecule has 3 rings (SSSR count). The van der Waals surface area contributed by atoms with Crippen molar-refractivity contribution < 1.29 is 5.11 Å². The molecule has 1 atom stereocenters. The summed E-state index contributed by atoms with van der Waals surface area (Å²) in [6, 6.07) is 14.9. The minimum atomic E-state index is -0.787. The van der Waals surface area contributed by atoms with Gasteiger partial charge in [0, 0.05) is 0 Å². The third-order valence-corrected chi connectivity index (χ3v) is 4.78. The number of rotatable bonds is 6. The molecule has 1 nitrogen and oxygen atoms in total. The Labute approximate surface area is 133 Å². The molecule has 0 saturated heterocycles. The quantitative estimate of drug-likeness (QED) is 0.618. The zero-order valence-corrected chi connectivity index (χ0v) is 13.3. The Morgan fingerprint density at radius 1 is 1.14 bits per heavy atom. The number of aliphatic hydroxyl groups is 1. The second kappa shape index (κ2) is 6.10. The third-order valence-electron chi connectivity index (χ3n) is 4.78. The molecule has 22 heavy (non-hydrogen) atoms. The van der Waals surface area contributed by atoms with E-state index in [4.69, 9.17) is 0 Å². The molecule has 2 aromatic rings. The first-order valence-electron chi connectivity index (χ1n) is 8.23. The Hall–Kier alpha value is -1.86. The Bertz CT molecular complexity index is 686. The maximum atomic E-state index is 11.3. The van der Waals surface area contributed by atoms with Gasteiger partial charge >= 0.3 is 0 Å². The van der Waals surface area contributed by atoms with E-state index in [1.807, 2.05) is 6.08 Å². The van der Waals surface area contributed by atoms with E-state index in [-0.39, 0.29) is 0 Å². The Kier molecular flexibility index (Phi) is 4.17. The van der Waals surface area contributed by atoms with Gasteiger partial charge in [-0.25, -0.2) is 0 Å². The van der Waals surface area contributed by atoms with Gasteiger partial charge in [-0.15, -0.1) is 6.58 Å². The van der Waals surface area contributed by atoms with Gasteiger partial charge in [0.1, 0.15) is 0 Å². The van der Waals surface area contributed by atoms with Crippen molar-refractivity contribution in [3.63, 3.8) is 0 Å². The molecule has 2 aromatic carbocycles. The smallest absolute Gasteiger partial charge is 0.0933 e. The van der Waals surface area contributed by atoms with Gasteiger partial charge in [-0.05, 0) is 47.1 Å². The number of benzene rings is 2. The van der Waals surface area contributed by atoms with Crippen LogP contribution in [0.15, 0.2) is 55.1 Å². The van der Waals surface area contributed by atoms with Gasteiger partial charge < -0.3 is 5.11 Å². The molecule has 0 bridgehead atoms. The van der Waals surface area contributed by atoms with Crippen LogP contribution >= 0.6 is 0 Å². The van der Waals surface area contributed by atoms with Crippen LogP contribution < -0.4 is 0 Å². The minimum Gasteiger partial charge on any atom is -0.385 e. The third kappa shape index (κ3) is 2.50. The van der Waals surface area contributed by atoms with Crippen LogP contribution in [0.2, 0.25) is 0 Å². The zero-order valence-electron chi connectivity index (χ0n) is 13.3. The molecular weight excluding hydrogens is 268 g/mol. The highest BCUT2D eigenvalue weighted by Gasteiger charge is 2.32. The van der Waals surface area contributed by atoms with Crippen molar-refractivity contribution in [2.24, 2.45) is 0 Å². The molecule has 0 saturated carbocycles. The molecule has 1 N–H and O–H groups in total. The summed E-state index contributed by atoms with van der Waals surface area (Å²) in [5.74, 6) is 0. The fourth-order valence-corrected chi connectivity index (χ4v) is 3.65. The molecule has 0 fully saturated rings. The Balaban J connectivity index is 2.07. The molecule has 0 aliphatic heterocycles. The second-order valence-corrected chi connectivity index (χ2v) is 6.29. The van der Waals surface area contributed by atoms with E-state index in [2.05, 4.69) is 56.0 Å². The molecule has 0 aromatic heterocycles. The molecule has 1 aliphatic carbocycles. The maximum absolute atomic E-state index is 11.3. The zero-order chi connectivity index (χ0) is 15.6. The Morgan fingerprint density at radius 3 is 2.68 bits per heavy atom. The second-order valence-electron chi connectivity index (χ2n) is 6.29. The van der Waals surface area contributed by atoms with Crippen molar-refractivity contribution in [1.82, 2.24) is 0 Å². The first kappa shape index (κ1) is 15.1. The largest absolute Gasteiger partial charge is 0.385 e. The van der Waals surface area contributed by atoms with Crippen molar-refractivity contribution >= 4 is 0 Å². The fourth-order valence-electron chi connectivity index (χ4n) is 3.65. The van der Waals surface area contributed by atoms with Gasteiger partial charge in [0.25, 0.3) is 0 Å². The van der Waals surface area contributed by atoms with Gasteiger partial charge in [0.2, 0.25) is 0 Å². The average molecular weight is 292 g/mol. The molecule has 0 radical (unpaired) electrons. The van der Waals surface area contributed by atoms with E-state index in [0.29, 0.717) is 6.42 Å². The van der Waals surface area contributed by atoms with Crippen LogP contribution in [-0.4, -0.2) is 5.11 Å². The van der Waals surface area contributed by atoms with E-state index in [1.165, 1.54) is 22.3 Å². The van der Waals surface area contributed by atoms with Crippen molar-refractivity contribution in [1.29, 1.82) is 0 Å². The van der Waals surface area contributed by atoms with E-state index in [0.717, 1.165) is 31.2 Å². The number of hydrogen-bond acceptors (Lipinski definition) is 1. The van der Waals surface area contributed by atoms with Crippen LogP contribution in [0.5, 0.6) is 0 Å². The Morgan fingerprint density at radius 2 is 1.91 bits per heavy atom. The van der Waals surface area contributed by atoms with Crippen LogP contribution in [0.4, 0.5) is 0 Å². The molecule has 1 unspecified atom stereocenters. The van der Waals surface area contributed by atoms with E-state index < -0.39 is 5.60 Å². The summed E-state index contributed by atoms with van der Waals surface area (Å²) in [4.78, 5) is 0. The predicted molar refractivity (Wildman–Crippen MR) is 92.9 cm³/mol. The van der Waals surface area contributed by atoms with Gasteiger partial charge in [-0.3, -0.25) is 0 Å². The SMILES string of the molecule is C=CCC(O)(CCCC)c1cccc2c1Cc1ccccc1-2. The number of fused-ring (bicyclic) bond motifs is 3. The van der Waals surface area contributed by atoms with Crippen LogP contribution in [-0.2, 0) is 12.0 Å². The first-order chi connectivity index (χ1) is 10.7. The monoisotopic (exact) mass is 292 g/mol. The lowest BCUT2D eigenvalue weighted by Gasteiger charge is -2.30. The molecular formula is C21H24O. The van der Waals surface area contributed by atoms with Crippen molar-refractivity contribution in [3.8, 4) is 11.1 Å². The lowest BCUT2D eigenvalue weighted by atomic mass is 9.81. The van der Waals surface area contributed by atoms with E-state index in [1.54, 1.807) is 0 Å². The molecule has 0 heterocycles. The maximum Gasteiger partial charge on any atom is 0.0933 e. The highest BCUT2D eigenvalue weighted by molar-refractivity contribution is 5.78. The van der Waals surface area contributed by atoms with Crippen LogP contribution in [0.3, 0.4) is 0 Å². The van der Waals surface area contributed by atoms with E-state index in [9.17, 15) is 5.11 Å². The molecule has 0 spiro atoms. The molecule has 1 heteroatoms. The van der Waals surface area contributed by atoms with Crippen LogP contribution in [0.1, 0.15) is 49.3 Å². The minimum absolute atomic E-state index is 0.611. The van der Waals surface area contributed by atoms with Crippen LogP contribution in [0, 0.1) is 0 Å². The lowest BCUT2D eigenvalue weighted by molar-refractivity contribution is 0.0276. The summed E-state index contributed by atoms with van der Waals surface area (Å²) >= 11 is 0. The summed E-state index contributed by atoms with van der Waals surface area (Å²) in [7, 11) is 0. The normalized spacial score (nSPS) is 15.0. The lowest BCUT2D eigenvalue weighted by Crippen LogP contribution is -2.26. The molecule has 1 aliphatic rings. The van der Waals surface area contributed by atoms with Crippen LogP contribution in [0.25, 0.3) is 11.1 Å². The summed E-state index contributed by atoms with van der Waals surface area (Å²) in [6.07, 6.45) is 6.29. The van der Waals surface area contributed by atoms with Gasteiger partial charge in [0.05, 0.1) is 5.60 Å².